The molecule has 0 aliphatic rings. The van der Waals surface area contributed by atoms with Crippen molar-refractivity contribution in [2.75, 3.05) is 0 Å². The van der Waals surface area contributed by atoms with Gasteiger partial charge in [0.2, 0.25) is 0 Å². The van der Waals surface area contributed by atoms with Gasteiger partial charge in [-0.25, -0.2) is 9.97 Å². The molecule has 0 unspecified atom stereocenters. The summed E-state index contributed by atoms with van der Waals surface area (Å²) in [6.45, 7) is 2.17. The van der Waals surface area contributed by atoms with Crippen LogP contribution in [0.1, 0.15) is 37.3 Å². The van der Waals surface area contributed by atoms with Crippen molar-refractivity contribution in [3.63, 3.8) is 0 Å². The van der Waals surface area contributed by atoms with Gasteiger partial charge in [-0.1, -0.05) is 13.3 Å². The zero-order valence-corrected chi connectivity index (χ0v) is 8.20. The Labute approximate surface area is 82.8 Å². The van der Waals surface area contributed by atoms with Crippen molar-refractivity contribution in [2.45, 2.75) is 25.7 Å². The Balaban J connectivity index is 2.25. The number of rotatable bonds is 4. The second kappa shape index (κ2) is 4.09. The SMILES string of the molecule is CCCC(c1ncc[nH]1)c1ncc[nH]1. The van der Waals surface area contributed by atoms with Gasteiger partial charge in [0.15, 0.2) is 0 Å². The maximum absolute atomic E-state index is 4.28. The average Bonchev–Trinajstić information content (AvgIpc) is 2.87. The predicted molar refractivity (Wildman–Crippen MR) is 53.9 cm³/mol. The lowest BCUT2D eigenvalue weighted by Gasteiger charge is -2.10. The van der Waals surface area contributed by atoms with Gasteiger partial charge >= 0.3 is 0 Å². The lowest BCUT2D eigenvalue weighted by molar-refractivity contribution is 0.637. The summed E-state index contributed by atoms with van der Waals surface area (Å²) in [5.74, 6) is 2.24. The molecule has 2 aromatic heterocycles. The van der Waals surface area contributed by atoms with E-state index in [2.05, 4.69) is 26.9 Å². The standard InChI is InChI=1S/C10H14N4/c1-2-3-8(9-11-4-5-12-9)10-13-6-7-14-10/h4-8H,2-3H2,1H3,(H,11,12)(H,13,14). The number of aromatic amines is 2. The van der Waals surface area contributed by atoms with Gasteiger partial charge in [-0.05, 0) is 6.42 Å². The van der Waals surface area contributed by atoms with Crippen LogP contribution in [0.5, 0.6) is 0 Å². The van der Waals surface area contributed by atoms with E-state index in [1.165, 1.54) is 0 Å². The highest BCUT2D eigenvalue weighted by Crippen LogP contribution is 2.23. The minimum Gasteiger partial charge on any atom is -0.348 e. The molecule has 2 heterocycles. The van der Waals surface area contributed by atoms with Crippen molar-refractivity contribution >= 4 is 0 Å². The lowest BCUT2D eigenvalue weighted by atomic mass is 10.0. The molecule has 4 nitrogen and oxygen atoms in total. The Hall–Kier alpha value is -1.58. The van der Waals surface area contributed by atoms with Gasteiger partial charge < -0.3 is 9.97 Å². The van der Waals surface area contributed by atoms with E-state index in [-0.39, 0.29) is 5.92 Å². The number of hydrogen-bond acceptors (Lipinski definition) is 2. The summed E-state index contributed by atoms with van der Waals surface area (Å²) in [6, 6.07) is 0. The molecule has 0 radical (unpaired) electrons. The number of nitrogens with zero attached hydrogens (tertiary/aromatic N) is 2. The molecular formula is C10H14N4. The van der Waals surface area contributed by atoms with Gasteiger partial charge in [-0.3, -0.25) is 0 Å². The molecule has 0 aromatic carbocycles. The highest BCUT2D eigenvalue weighted by atomic mass is 15.0. The molecule has 0 aliphatic heterocycles. The van der Waals surface area contributed by atoms with Gasteiger partial charge in [0.1, 0.15) is 11.6 Å². The van der Waals surface area contributed by atoms with E-state index in [0.717, 1.165) is 24.5 Å². The summed E-state index contributed by atoms with van der Waals surface area (Å²) in [5, 5.41) is 0. The smallest absolute Gasteiger partial charge is 0.116 e. The third-order valence-electron chi connectivity index (χ3n) is 2.28. The third-order valence-corrected chi connectivity index (χ3v) is 2.28. The molecule has 14 heavy (non-hydrogen) atoms. The minimum absolute atomic E-state index is 0.269. The van der Waals surface area contributed by atoms with Crippen LogP contribution < -0.4 is 0 Å². The first-order valence-corrected chi connectivity index (χ1v) is 4.90. The molecule has 0 spiro atoms. The molecule has 0 aliphatic carbocycles. The molecule has 0 amide bonds. The van der Waals surface area contributed by atoms with Crippen molar-refractivity contribution in [1.82, 2.24) is 19.9 Å². The summed E-state index contributed by atoms with van der Waals surface area (Å²) in [5.41, 5.74) is 0. The van der Waals surface area contributed by atoms with Crippen LogP contribution in [0.25, 0.3) is 0 Å². The van der Waals surface area contributed by atoms with E-state index >= 15 is 0 Å². The lowest BCUT2D eigenvalue weighted by Crippen LogP contribution is -2.04. The summed E-state index contributed by atoms with van der Waals surface area (Å²) >= 11 is 0. The monoisotopic (exact) mass is 190 g/mol. The molecule has 74 valence electrons. The van der Waals surface area contributed by atoms with Crippen LogP contribution in [0.3, 0.4) is 0 Å². The fourth-order valence-electron chi connectivity index (χ4n) is 1.63. The van der Waals surface area contributed by atoms with Crippen molar-refractivity contribution in [1.29, 1.82) is 0 Å². The normalized spacial score (nSPS) is 11.0. The molecule has 2 aromatic rings. The Morgan fingerprint density at radius 2 is 1.71 bits per heavy atom. The Bertz CT molecular complexity index is 315. The second-order valence-electron chi connectivity index (χ2n) is 3.29. The Kier molecular flexibility index (Phi) is 2.62. The Morgan fingerprint density at radius 3 is 2.07 bits per heavy atom. The fraction of sp³-hybridized carbons (Fsp3) is 0.400. The highest BCUT2D eigenvalue weighted by Gasteiger charge is 2.17. The first-order chi connectivity index (χ1) is 6.92. The summed E-state index contributed by atoms with van der Waals surface area (Å²) < 4.78 is 0. The highest BCUT2D eigenvalue weighted by molar-refractivity contribution is 5.10. The molecular weight excluding hydrogens is 176 g/mol. The minimum atomic E-state index is 0.269. The first-order valence-electron chi connectivity index (χ1n) is 4.90. The van der Waals surface area contributed by atoms with Crippen LogP contribution >= 0.6 is 0 Å². The van der Waals surface area contributed by atoms with Gasteiger partial charge in [0, 0.05) is 24.8 Å². The molecule has 2 rings (SSSR count). The summed E-state index contributed by atoms with van der Waals surface area (Å²) in [7, 11) is 0. The van der Waals surface area contributed by atoms with Crippen molar-refractivity contribution in [3.05, 3.63) is 36.4 Å². The number of nitrogens with one attached hydrogen (secondary N) is 2. The molecule has 2 N–H and O–H groups in total. The van der Waals surface area contributed by atoms with Gasteiger partial charge in [0.05, 0.1) is 5.92 Å². The number of hydrogen-bond donors (Lipinski definition) is 2. The number of imidazole rings is 2. The van der Waals surface area contributed by atoms with Crippen molar-refractivity contribution < 1.29 is 0 Å². The van der Waals surface area contributed by atoms with Gasteiger partial charge in [-0.15, -0.1) is 0 Å². The third kappa shape index (κ3) is 1.69. The van der Waals surface area contributed by atoms with Crippen molar-refractivity contribution in [3.8, 4) is 0 Å². The van der Waals surface area contributed by atoms with Gasteiger partial charge in [0.25, 0.3) is 0 Å². The molecule has 0 saturated heterocycles. The zero-order valence-electron chi connectivity index (χ0n) is 8.20. The predicted octanol–water partition coefficient (Wildman–Crippen LogP) is 2.06. The summed E-state index contributed by atoms with van der Waals surface area (Å²) in [4.78, 5) is 14.8. The van der Waals surface area contributed by atoms with E-state index in [0.29, 0.717) is 0 Å². The maximum atomic E-state index is 4.28. The fourth-order valence-corrected chi connectivity index (χ4v) is 1.63. The van der Waals surface area contributed by atoms with E-state index < -0.39 is 0 Å². The van der Waals surface area contributed by atoms with E-state index in [4.69, 9.17) is 0 Å². The molecule has 0 atom stereocenters. The van der Waals surface area contributed by atoms with E-state index in [1.54, 1.807) is 12.4 Å². The van der Waals surface area contributed by atoms with E-state index in [1.807, 2.05) is 12.4 Å². The van der Waals surface area contributed by atoms with Gasteiger partial charge in [-0.2, -0.15) is 0 Å². The zero-order chi connectivity index (χ0) is 9.80. The van der Waals surface area contributed by atoms with Crippen LogP contribution in [0.15, 0.2) is 24.8 Å². The van der Waals surface area contributed by atoms with Crippen molar-refractivity contribution in [2.24, 2.45) is 0 Å². The topological polar surface area (TPSA) is 57.4 Å². The molecule has 0 fully saturated rings. The molecule has 0 bridgehead atoms. The molecule has 0 saturated carbocycles. The summed E-state index contributed by atoms with van der Waals surface area (Å²) in [6.07, 6.45) is 9.43. The largest absolute Gasteiger partial charge is 0.348 e. The second-order valence-corrected chi connectivity index (χ2v) is 3.29. The maximum Gasteiger partial charge on any atom is 0.116 e. The van der Waals surface area contributed by atoms with Crippen LogP contribution in [0.4, 0.5) is 0 Å². The molecule has 4 heteroatoms. The van der Waals surface area contributed by atoms with Crippen LogP contribution in [0, 0.1) is 0 Å². The Morgan fingerprint density at radius 1 is 1.14 bits per heavy atom. The number of aromatic nitrogens is 4. The average molecular weight is 190 g/mol. The quantitative estimate of drug-likeness (QED) is 0.775. The van der Waals surface area contributed by atoms with E-state index in [9.17, 15) is 0 Å². The number of H-pyrrole nitrogens is 2. The van der Waals surface area contributed by atoms with Crippen LogP contribution in [0.2, 0.25) is 0 Å². The van der Waals surface area contributed by atoms with Crippen LogP contribution in [-0.4, -0.2) is 19.9 Å². The first kappa shape index (κ1) is 8.99. The van der Waals surface area contributed by atoms with Crippen LogP contribution in [-0.2, 0) is 0 Å².